The summed E-state index contributed by atoms with van der Waals surface area (Å²) in [6.45, 7) is 2.50. The summed E-state index contributed by atoms with van der Waals surface area (Å²) in [5.41, 5.74) is 0.646. The summed E-state index contributed by atoms with van der Waals surface area (Å²) in [4.78, 5) is 27.3. The highest BCUT2D eigenvalue weighted by Crippen LogP contribution is 2.25. The summed E-state index contributed by atoms with van der Waals surface area (Å²) in [5, 5.41) is 2.82. The standard InChI is InChI=1S/C18H26N2O2S/c1-3-19-18(22)15-11-7-8-12-16(15)23-13-17(21)20(2)14-9-5-4-6-10-14/h7-8,11-12,14H,3-6,9-10,13H2,1-2H3,(H,19,22). The molecule has 2 amide bonds. The minimum Gasteiger partial charge on any atom is -0.352 e. The van der Waals surface area contributed by atoms with E-state index in [0.29, 0.717) is 23.9 Å². The van der Waals surface area contributed by atoms with Gasteiger partial charge in [-0.2, -0.15) is 0 Å². The molecule has 0 aromatic heterocycles. The Labute approximate surface area is 143 Å². The SMILES string of the molecule is CCNC(=O)c1ccccc1SCC(=O)N(C)C1CCCCC1. The summed E-state index contributed by atoms with van der Waals surface area (Å²) < 4.78 is 0. The van der Waals surface area contributed by atoms with Crippen LogP contribution >= 0.6 is 11.8 Å². The number of carbonyl (C=O) groups excluding carboxylic acids is 2. The van der Waals surface area contributed by atoms with Crippen molar-refractivity contribution in [2.45, 2.75) is 50.0 Å². The lowest BCUT2D eigenvalue weighted by Crippen LogP contribution is -2.39. The van der Waals surface area contributed by atoms with E-state index in [-0.39, 0.29) is 11.8 Å². The summed E-state index contributed by atoms with van der Waals surface area (Å²) in [6.07, 6.45) is 5.95. The smallest absolute Gasteiger partial charge is 0.252 e. The Balaban J connectivity index is 1.94. The Morgan fingerprint density at radius 2 is 1.91 bits per heavy atom. The fourth-order valence-corrected chi connectivity index (χ4v) is 3.92. The Morgan fingerprint density at radius 1 is 1.22 bits per heavy atom. The summed E-state index contributed by atoms with van der Waals surface area (Å²) in [5.74, 6) is 0.444. The maximum Gasteiger partial charge on any atom is 0.252 e. The van der Waals surface area contributed by atoms with Crippen molar-refractivity contribution in [3.8, 4) is 0 Å². The predicted octanol–water partition coefficient (Wildman–Crippen LogP) is 3.32. The number of nitrogens with one attached hydrogen (secondary N) is 1. The zero-order valence-electron chi connectivity index (χ0n) is 14.0. The summed E-state index contributed by atoms with van der Waals surface area (Å²) in [6, 6.07) is 7.85. The van der Waals surface area contributed by atoms with E-state index in [0.717, 1.165) is 17.7 Å². The number of hydrogen-bond donors (Lipinski definition) is 1. The van der Waals surface area contributed by atoms with Crippen LogP contribution in [0.5, 0.6) is 0 Å². The number of benzene rings is 1. The number of nitrogens with zero attached hydrogens (tertiary/aromatic N) is 1. The van der Waals surface area contributed by atoms with Crippen LogP contribution in [-0.4, -0.2) is 42.1 Å². The van der Waals surface area contributed by atoms with Crippen molar-refractivity contribution in [3.05, 3.63) is 29.8 Å². The van der Waals surface area contributed by atoms with Gasteiger partial charge in [-0.15, -0.1) is 11.8 Å². The number of amides is 2. The Bertz CT molecular complexity index is 542. The molecule has 0 atom stereocenters. The monoisotopic (exact) mass is 334 g/mol. The highest BCUT2D eigenvalue weighted by Gasteiger charge is 2.22. The van der Waals surface area contributed by atoms with E-state index < -0.39 is 0 Å². The molecule has 0 radical (unpaired) electrons. The van der Waals surface area contributed by atoms with Crippen LogP contribution in [0.3, 0.4) is 0 Å². The van der Waals surface area contributed by atoms with Crippen LogP contribution in [0.2, 0.25) is 0 Å². The molecule has 0 heterocycles. The van der Waals surface area contributed by atoms with Crippen molar-refractivity contribution in [2.75, 3.05) is 19.3 Å². The third-order valence-electron chi connectivity index (χ3n) is 4.34. The molecule has 1 aromatic carbocycles. The average molecular weight is 334 g/mol. The Hall–Kier alpha value is -1.49. The minimum atomic E-state index is -0.0799. The third-order valence-corrected chi connectivity index (χ3v) is 5.39. The Morgan fingerprint density at radius 3 is 2.61 bits per heavy atom. The Kier molecular flexibility index (Phi) is 6.96. The van der Waals surface area contributed by atoms with E-state index in [4.69, 9.17) is 0 Å². The molecule has 1 fully saturated rings. The first-order chi connectivity index (χ1) is 11.1. The van der Waals surface area contributed by atoms with Crippen molar-refractivity contribution in [1.29, 1.82) is 0 Å². The van der Waals surface area contributed by atoms with E-state index in [9.17, 15) is 9.59 Å². The molecule has 1 aromatic rings. The van der Waals surface area contributed by atoms with Crippen LogP contribution < -0.4 is 5.32 Å². The van der Waals surface area contributed by atoms with Gasteiger partial charge in [-0.25, -0.2) is 0 Å². The van der Waals surface area contributed by atoms with Crippen LogP contribution in [0.4, 0.5) is 0 Å². The highest BCUT2D eigenvalue weighted by molar-refractivity contribution is 8.00. The molecule has 5 heteroatoms. The first-order valence-electron chi connectivity index (χ1n) is 8.39. The lowest BCUT2D eigenvalue weighted by molar-refractivity contribution is -0.129. The second-order valence-corrected chi connectivity index (χ2v) is 6.96. The molecule has 1 N–H and O–H groups in total. The molecule has 126 valence electrons. The van der Waals surface area contributed by atoms with Crippen molar-refractivity contribution < 1.29 is 9.59 Å². The number of rotatable bonds is 6. The number of thioether (sulfide) groups is 1. The minimum absolute atomic E-state index is 0.0799. The van der Waals surface area contributed by atoms with Gasteiger partial charge in [0.25, 0.3) is 5.91 Å². The molecule has 0 bridgehead atoms. The largest absolute Gasteiger partial charge is 0.352 e. The van der Waals surface area contributed by atoms with E-state index in [1.54, 1.807) is 0 Å². The molecule has 0 unspecified atom stereocenters. The zero-order chi connectivity index (χ0) is 16.7. The normalized spacial score (nSPS) is 15.2. The lowest BCUT2D eigenvalue weighted by atomic mass is 9.94. The number of carbonyl (C=O) groups is 2. The van der Waals surface area contributed by atoms with E-state index >= 15 is 0 Å². The van der Waals surface area contributed by atoms with Gasteiger partial charge in [0.1, 0.15) is 0 Å². The van der Waals surface area contributed by atoms with Gasteiger partial charge in [-0.3, -0.25) is 9.59 Å². The maximum atomic E-state index is 12.4. The fourth-order valence-electron chi connectivity index (χ4n) is 2.95. The van der Waals surface area contributed by atoms with Crippen molar-refractivity contribution in [2.24, 2.45) is 0 Å². The van der Waals surface area contributed by atoms with E-state index in [2.05, 4.69) is 5.32 Å². The molecule has 0 aliphatic heterocycles. The quantitative estimate of drug-likeness (QED) is 0.812. The zero-order valence-corrected chi connectivity index (χ0v) is 14.8. The van der Waals surface area contributed by atoms with Crippen molar-refractivity contribution in [3.63, 3.8) is 0 Å². The molecule has 0 saturated heterocycles. The first kappa shape index (κ1) is 17.9. The molecular weight excluding hydrogens is 308 g/mol. The molecular formula is C18H26N2O2S. The van der Waals surface area contributed by atoms with Crippen molar-refractivity contribution >= 4 is 23.6 Å². The van der Waals surface area contributed by atoms with Crippen LogP contribution in [0.1, 0.15) is 49.4 Å². The molecule has 1 aliphatic rings. The summed E-state index contributed by atoms with van der Waals surface area (Å²) in [7, 11) is 1.91. The van der Waals surface area contributed by atoms with Crippen LogP contribution in [0.15, 0.2) is 29.2 Å². The molecule has 23 heavy (non-hydrogen) atoms. The second kappa shape index (κ2) is 8.96. The lowest BCUT2D eigenvalue weighted by Gasteiger charge is -2.31. The molecule has 1 saturated carbocycles. The fraction of sp³-hybridized carbons (Fsp3) is 0.556. The van der Waals surface area contributed by atoms with Crippen LogP contribution in [0, 0.1) is 0 Å². The topological polar surface area (TPSA) is 49.4 Å². The van der Waals surface area contributed by atoms with Crippen molar-refractivity contribution in [1.82, 2.24) is 10.2 Å². The van der Waals surface area contributed by atoms with Gasteiger partial charge in [0.2, 0.25) is 5.91 Å². The molecule has 1 aliphatic carbocycles. The third kappa shape index (κ3) is 4.99. The van der Waals surface area contributed by atoms with Gasteiger partial charge < -0.3 is 10.2 Å². The second-order valence-electron chi connectivity index (χ2n) is 5.94. The van der Waals surface area contributed by atoms with Gasteiger partial charge in [0.15, 0.2) is 0 Å². The van der Waals surface area contributed by atoms with E-state index in [1.165, 1.54) is 31.0 Å². The molecule has 4 nitrogen and oxygen atoms in total. The van der Waals surface area contributed by atoms with Crippen LogP contribution in [0.25, 0.3) is 0 Å². The number of hydrogen-bond acceptors (Lipinski definition) is 3. The van der Waals surface area contributed by atoms with Gasteiger partial charge in [-0.1, -0.05) is 31.4 Å². The molecule has 2 rings (SSSR count). The molecule has 0 spiro atoms. The maximum absolute atomic E-state index is 12.4. The van der Waals surface area contributed by atoms with Crippen LogP contribution in [-0.2, 0) is 4.79 Å². The van der Waals surface area contributed by atoms with Gasteiger partial charge >= 0.3 is 0 Å². The van der Waals surface area contributed by atoms with E-state index in [1.807, 2.05) is 43.1 Å². The average Bonchev–Trinajstić information content (AvgIpc) is 2.60. The van der Waals surface area contributed by atoms with Gasteiger partial charge in [-0.05, 0) is 31.9 Å². The summed E-state index contributed by atoms with van der Waals surface area (Å²) >= 11 is 1.45. The first-order valence-corrected chi connectivity index (χ1v) is 9.37. The predicted molar refractivity (Wildman–Crippen MR) is 94.8 cm³/mol. The van der Waals surface area contributed by atoms with Gasteiger partial charge in [0, 0.05) is 24.5 Å². The highest BCUT2D eigenvalue weighted by atomic mass is 32.2. The van der Waals surface area contributed by atoms with Gasteiger partial charge in [0.05, 0.1) is 11.3 Å².